The van der Waals surface area contributed by atoms with Gasteiger partial charge in [-0.2, -0.15) is 0 Å². The van der Waals surface area contributed by atoms with Crippen molar-refractivity contribution in [3.63, 3.8) is 0 Å². The standard InChI is InChI=1S/C30H64O2Si/c1-6-10-12-14-16-17-18-19-20-21-22-23-25-27-29-31-33(8-3,9-4)32-30(5)28-26-24-15-13-11-7-2/h30H,6-29H2,1-5H3. The Hall–Kier alpha value is 0.137. The fraction of sp³-hybridized carbons (Fsp3) is 1.00. The summed E-state index contributed by atoms with van der Waals surface area (Å²) in [5, 5.41) is 0. The van der Waals surface area contributed by atoms with Crippen LogP contribution in [0.3, 0.4) is 0 Å². The normalized spacial score (nSPS) is 13.0. The lowest BCUT2D eigenvalue weighted by molar-refractivity contribution is 0.114. The van der Waals surface area contributed by atoms with Crippen LogP contribution in [0.2, 0.25) is 12.1 Å². The predicted molar refractivity (Wildman–Crippen MR) is 152 cm³/mol. The van der Waals surface area contributed by atoms with E-state index in [1.807, 2.05) is 0 Å². The molecule has 0 aromatic rings. The maximum Gasteiger partial charge on any atom is 0.337 e. The zero-order chi connectivity index (χ0) is 24.5. The van der Waals surface area contributed by atoms with Crippen LogP contribution in [0, 0.1) is 0 Å². The summed E-state index contributed by atoms with van der Waals surface area (Å²) in [6.45, 7) is 12.3. The third-order valence-electron chi connectivity index (χ3n) is 7.32. The van der Waals surface area contributed by atoms with E-state index in [1.165, 1.54) is 135 Å². The second kappa shape index (κ2) is 25.2. The quantitative estimate of drug-likeness (QED) is 0.0852. The summed E-state index contributed by atoms with van der Waals surface area (Å²) < 4.78 is 13.1. The van der Waals surface area contributed by atoms with Crippen LogP contribution in [0.5, 0.6) is 0 Å². The third-order valence-corrected chi connectivity index (χ3v) is 11.0. The number of rotatable bonds is 27. The van der Waals surface area contributed by atoms with E-state index in [0.717, 1.165) is 18.7 Å². The molecule has 0 rings (SSSR count). The van der Waals surface area contributed by atoms with Crippen molar-refractivity contribution in [2.75, 3.05) is 6.61 Å². The van der Waals surface area contributed by atoms with Crippen molar-refractivity contribution >= 4 is 8.56 Å². The number of hydrogen-bond acceptors (Lipinski definition) is 2. The highest BCUT2D eigenvalue weighted by Gasteiger charge is 2.35. The average molecular weight is 485 g/mol. The summed E-state index contributed by atoms with van der Waals surface area (Å²) in [5.74, 6) is 0. The number of unbranched alkanes of at least 4 members (excludes halogenated alkanes) is 18. The molecule has 0 saturated heterocycles. The molecule has 0 aliphatic rings. The van der Waals surface area contributed by atoms with Crippen molar-refractivity contribution in [1.29, 1.82) is 0 Å². The molecule has 0 saturated carbocycles. The highest BCUT2D eigenvalue weighted by atomic mass is 28.4. The lowest BCUT2D eigenvalue weighted by atomic mass is 10.0. The van der Waals surface area contributed by atoms with Gasteiger partial charge in [-0.15, -0.1) is 0 Å². The predicted octanol–water partition coefficient (Wildman–Crippen LogP) is 11.1. The first-order chi connectivity index (χ1) is 16.1. The van der Waals surface area contributed by atoms with E-state index in [1.54, 1.807) is 0 Å². The highest BCUT2D eigenvalue weighted by Crippen LogP contribution is 2.23. The molecular formula is C30H64O2Si. The Morgan fingerprint density at radius 2 is 0.848 bits per heavy atom. The van der Waals surface area contributed by atoms with Gasteiger partial charge in [0.1, 0.15) is 0 Å². The van der Waals surface area contributed by atoms with Crippen LogP contribution < -0.4 is 0 Å². The molecule has 0 aliphatic carbocycles. The van der Waals surface area contributed by atoms with Crippen LogP contribution in [0.4, 0.5) is 0 Å². The Bertz CT molecular complexity index is 370. The summed E-state index contributed by atoms with van der Waals surface area (Å²) in [4.78, 5) is 0. The van der Waals surface area contributed by atoms with Gasteiger partial charge in [-0.25, -0.2) is 0 Å². The smallest absolute Gasteiger partial charge is 0.337 e. The Balaban J connectivity index is 3.68. The van der Waals surface area contributed by atoms with Crippen LogP contribution in [0.15, 0.2) is 0 Å². The molecule has 0 radical (unpaired) electrons. The van der Waals surface area contributed by atoms with Crippen LogP contribution in [0.25, 0.3) is 0 Å². The lowest BCUT2D eigenvalue weighted by Gasteiger charge is -2.32. The second-order valence-corrected chi connectivity index (χ2v) is 14.3. The molecule has 0 bridgehead atoms. The SMILES string of the molecule is CCCCCCCCCCCCCCCCO[Si](CC)(CC)OC(C)CCCCCCCC. The van der Waals surface area contributed by atoms with Gasteiger partial charge in [0.15, 0.2) is 0 Å². The molecule has 33 heavy (non-hydrogen) atoms. The molecule has 0 aliphatic heterocycles. The van der Waals surface area contributed by atoms with Crippen molar-refractivity contribution in [3.8, 4) is 0 Å². The Morgan fingerprint density at radius 3 is 1.24 bits per heavy atom. The summed E-state index contributed by atoms with van der Waals surface area (Å²) >= 11 is 0. The molecule has 200 valence electrons. The minimum Gasteiger partial charge on any atom is -0.394 e. The first kappa shape index (κ1) is 33.1. The van der Waals surface area contributed by atoms with Crippen LogP contribution in [0.1, 0.15) is 169 Å². The second-order valence-electron chi connectivity index (χ2n) is 10.5. The van der Waals surface area contributed by atoms with E-state index in [-0.39, 0.29) is 0 Å². The fourth-order valence-corrected chi connectivity index (χ4v) is 7.52. The van der Waals surface area contributed by atoms with E-state index >= 15 is 0 Å². The molecule has 0 N–H and O–H groups in total. The molecule has 3 heteroatoms. The Morgan fingerprint density at radius 1 is 0.485 bits per heavy atom. The monoisotopic (exact) mass is 484 g/mol. The molecule has 0 fully saturated rings. The molecular weight excluding hydrogens is 420 g/mol. The van der Waals surface area contributed by atoms with Gasteiger partial charge in [0.2, 0.25) is 0 Å². The van der Waals surface area contributed by atoms with Crippen molar-refractivity contribution < 1.29 is 8.85 Å². The molecule has 0 spiro atoms. The Kier molecular flexibility index (Phi) is 25.3. The van der Waals surface area contributed by atoms with E-state index in [9.17, 15) is 0 Å². The van der Waals surface area contributed by atoms with Crippen molar-refractivity contribution in [1.82, 2.24) is 0 Å². The zero-order valence-corrected chi connectivity index (χ0v) is 24.9. The highest BCUT2D eigenvalue weighted by molar-refractivity contribution is 6.67. The topological polar surface area (TPSA) is 18.5 Å². The van der Waals surface area contributed by atoms with E-state index < -0.39 is 8.56 Å². The van der Waals surface area contributed by atoms with Gasteiger partial charge in [-0.3, -0.25) is 0 Å². The molecule has 1 atom stereocenters. The first-order valence-corrected chi connectivity index (χ1v) is 17.7. The van der Waals surface area contributed by atoms with Gasteiger partial charge >= 0.3 is 8.56 Å². The van der Waals surface area contributed by atoms with Crippen molar-refractivity contribution in [2.24, 2.45) is 0 Å². The largest absolute Gasteiger partial charge is 0.394 e. The minimum absolute atomic E-state index is 0.360. The van der Waals surface area contributed by atoms with Gasteiger partial charge in [-0.05, 0) is 31.9 Å². The molecule has 0 aromatic carbocycles. The van der Waals surface area contributed by atoms with Crippen molar-refractivity contribution in [2.45, 2.75) is 188 Å². The Labute approximate surface area is 211 Å². The minimum atomic E-state index is -1.99. The van der Waals surface area contributed by atoms with Crippen LogP contribution in [-0.4, -0.2) is 21.3 Å². The molecule has 1 unspecified atom stereocenters. The van der Waals surface area contributed by atoms with Gasteiger partial charge in [0, 0.05) is 12.7 Å². The first-order valence-electron chi connectivity index (χ1n) is 15.5. The maximum atomic E-state index is 6.60. The summed E-state index contributed by atoms with van der Waals surface area (Å²) in [6, 6.07) is 2.17. The summed E-state index contributed by atoms with van der Waals surface area (Å²) in [5.41, 5.74) is 0. The van der Waals surface area contributed by atoms with Crippen LogP contribution in [-0.2, 0) is 8.85 Å². The lowest BCUT2D eigenvalue weighted by Crippen LogP contribution is -2.43. The average Bonchev–Trinajstić information content (AvgIpc) is 2.83. The molecule has 0 aromatic heterocycles. The van der Waals surface area contributed by atoms with Gasteiger partial charge < -0.3 is 8.85 Å². The third kappa shape index (κ3) is 21.2. The molecule has 2 nitrogen and oxygen atoms in total. The van der Waals surface area contributed by atoms with Gasteiger partial charge in [0.25, 0.3) is 0 Å². The van der Waals surface area contributed by atoms with Gasteiger partial charge in [0.05, 0.1) is 0 Å². The van der Waals surface area contributed by atoms with Gasteiger partial charge in [-0.1, -0.05) is 150 Å². The van der Waals surface area contributed by atoms with Crippen molar-refractivity contribution in [3.05, 3.63) is 0 Å². The van der Waals surface area contributed by atoms with E-state index in [4.69, 9.17) is 8.85 Å². The summed E-state index contributed by atoms with van der Waals surface area (Å²) in [6.07, 6.45) is 29.4. The molecule has 0 heterocycles. The molecule has 0 amide bonds. The van der Waals surface area contributed by atoms with E-state index in [2.05, 4.69) is 34.6 Å². The zero-order valence-electron chi connectivity index (χ0n) is 23.9. The summed E-state index contributed by atoms with van der Waals surface area (Å²) in [7, 11) is -1.99. The fourth-order valence-electron chi connectivity index (χ4n) is 4.85. The van der Waals surface area contributed by atoms with E-state index in [0.29, 0.717) is 6.10 Å². The maximum absolute atomic E-state index is 6.60. The van der Waals surface area contributed by atoms with Crippen LogP contribution >= 0.6 is 0 Å². The number of hydrogen-bond donors (Lipinski definition) is 0.